The monoisotopic (exact) mass is 392 g/mol. The number of sulfonamides is 1. The van der Waals surface area contributed by atoms with Crippen molar-refractivity contribution in [3.05, 3.63) is 59.3 Å². The van der Waals surface area contributed by atoms with Crippen molar-refractivity contribution in [3.8, 4) is 0 Å². The molecule has 4 nitrogen and oxygen atoms in total. The minimum atomic E-state index is -4.63. The number of benzene rings is 1. The molecule has 0 radical (unpaired) electrons. The summed E-state index contributed by atoms with van der Waals surface area (Å²) in [5.74, 6) is -1.97. The van der Waals surface area contributed by atoms with Gasteiger partial charge in [-0.1, -0.05) is 24.3 Å². The van der Waals surface area contributed by atoms with Gasteiger partial charge in [0, 0.05) is 24.8 Å². The maximum absolute atomic E-state index is 13.4. The lowest BCUT2D eigenvalue weighted by molar-refractivity contribution is -0.154. The van der Waals surface area contributed by atoms with Crippen LogP contribution in [0.1, 0.15) is 29.0 Å². The normalized spacial score (nSPS) is 18.8. The molecule has 140 valence electrons. The molecule has 1 aliphatic heterocycles. The third-order valence-electron chi connectivity index (χ3n) is 4.17. The summed E-state index contributed by atoms with van der Waals surface area (Å²) in [5.41, 5.74) is -0.192. The first-order valence-corrected chi connectivity index (χ1v) is 8.93. The van der Waals surface area contributed by atoms with Gasteiger partial charge in [-0.2, -0.15) is 17.5 Å². The van der Waals surface area contributed by atoms with Crippen LogP contribution in [0.5, 0.6) is 0 Å². The molecular weight excluding hydrogens is 379 g/mol. The number of pyridine rings is 1. The zero-order valence-electron chi connectivity index (χ0n) is 13.1. The van der Waals surface area contributed by atoms with Gasteiger partial charge < -0.3 is 0 Å². The van der Waals surface area contributed by atoms with Gasteiger partial charge in [-0.15, -0.1) is 0 Å². The van der Waals surface area contributed by atoms with Gasteiger partial charge in [-0.3, -0.25) is 0 Å². The first kappa shape index (κ1) is 18.7. The zero-order valence-corrected chi connectivity index (χ0v) is 13.9. The fraction of sp³-hybridized carbons (Fsp3) is 0.312. The lowest BCUT2D eigenvalue weighted by Gasteiger charge is -2.34. The maximum Gasteiger partial charge on any atom is 0.397 e. The highest BCUT2D eigenvalue weighted by Gasteiger charge is 2.47. The molecule has 0 spiro atoms. The molecule has 0 saturated carbocycles. The van der Waals surface area contributed by atoms with Crippen LogP contribution in [0.15, 0.2) is 47.6 Å². The van der Waals surface area contributed by atoms with Crippen LogP contribution in [0.3, 0.4) is 0 Å². The SMILES string of the molecule is O=S(=O)(c1ccc(C(F)F)cn1)N1Cc2ccccc2C(C(F)(F)F)C1. The molecule has 1 aromatic heterocycles. The van der Waals surface area contributed by atoms with Gasteiger partial charge >= 0.3 is 6.18 Å². The van der Waals surface area contributed by atoms with E-state index in [1.54, 1.807) is 0 Å². The maximum atomic E-state index is 13.4. The lowest BCUT2D eigenvalue weighted by atomic mass is 9.90. The molecule has 1 unspecified atom stereocenters. The van der Waals surface area contributed by atoms with Crippen LogP contribution in [-0.2, 0) is 16.6 Å². The molecule has 0 aliphatic carbocycles. The molecule has 1 aliphatic rings. The minimum Gasteiger partial charge on any atom is -0.243 e. The lowest BCUT2D eigenvalue weighted by Crippen LogP contribution is -2.42. The van der Waals surface area contributed by atoms with Gasteiger partial charge in [0.2, 0.25) is 0 Å². The fourth-order valence-corrected chi connectivity index (χ4v) is 4.19. The Bertz CT molecular complexity index is 898. The second-order valence-electron chi connectivity index (χ2n) is 5.82. The number of rotatable bonds is 3. The van der Waals surface area contributed by atoms with Crippen molar-refractivity contribution < 1.29 is 30.4 Å². The largest absolute Gasteiger partial charge is 0.397 e. The molecule has 0 fully saturated rings. The Hall–Kier alpha value is -2.07. The summed E-state index contributed by atoms with van der Waals surface area (Å²) in [6, 6.07) is 7.52. The van der Waals surface area contributed by atoms with E-state index in [4.69, 9.17) is 0 Å². The van der Waals surface area contributed by atoms with Crippen LogP contribution in [0.2, 0.25) is 0 Å². The van der Waals surface area contributed by atoms with Gasteiger partial charge in [0.1, 0.15) is 0 Å². The van der Waals surface area contributed by atoms with Crippen LogP contribution < -0.4 is 0 Å². The number of alkyl halides is 5. The van der Waals surface area contributed by atoms with E-state index in [1.165, 1.54) is 24.3 Å². The Labute approximate surface area is 146 Å². The van der Waals surface area contributed by atoms with Crippen LogP contribution >= 0.6 is 0 Å². The van der Waals surface area contributed by atoms with Gasteiger partial charge in [0.25, 0.3) is 16.4 Å². The van der Waals surface area contributed by atoms with Gasteiger partial charge in [-0.25, -0.2) is 22.2 Å². The molecule has 1 aromatic carbocycles. The van der Waals surface area contributed by atoms with Crippen molar-refractivity contribution in [1.82, 2.24) is 9.29 Å². The Morgan fingerprint density at radius 3 is 2.38 bits per heavy atom. The molecule has 2 aromatic rings. The molecule has 26 heavy (non-hydrogen) atoms. The van der Waals surface area contributed by atoms with E-state index >= 15 is 0 Å². The number of fused-ring (bicyclic) bond motifs is 1. The minimum absolute atomic E-state index is 0.0347. The Balaban J connectivity index is 1.98. The van der Waals surface area contributed by atoms with Gasteiger partial charge in [0.05, 0.1) is 5.92 Å². The van der Waals surface area contributed by atoms with E-state index in [0.29, 0.717) is 10.5 Å². The van der Waals surface area contributed by atoms with Crippen molar-refractivity contribution in [1.29, 1.82) is 0 Å². The number of aromatic nitrogens is 1. The molecule has 0 bridgehead atoms. The molecule has 2 heterocycles. The highest BCUT2D eigenvalue weighted by atomic mass is 32.2. The van der Waals surface area contributed by atoms with E-state index in [2.05, 4.69) is 4.98 Å². The summed E-state index contributed by atoms with van der Waals surface area (Å²) in [6.07, 6.45) is -6.75. The smallest absolute Gasteiger partial charge is 0.243 e. The highest BCUT2D eigenvalue weighted by Crippen LogP contribution is 2.41. The van der Waals surface area contributed by atoms with Crippen molar-refractivity contribution in [2.75, 3.05) is 6.54 Å². The van der Waals surface area contributed by atoms with Crippen LogP contribution in [-0.4, -0.2) is 30.4 Å². The fourth-order valence-electron chi connectivity index (χ4n) is 2.84. The van der Waals surface area contributed by atoms with Gasteiger partial charge in [-0.05, 0) is 23.3 Å². The average molecular weight is 392 g/mol. The quantitative estimate of drug-likeness (QED) is 0.746. The first-order valence-electron chi connectivity index (χ1n) is 7.49. The predicted molar refractivity (Wildman–Crippen MR) is 82.0 cm³/mol. The van der Waals surface area contributed by atoms with Crippen molar-refractivity contribution in [3.63, 3.8) is 0 Å². The molecule has 0 amide bonds. The average Bonchev–Trinajstić information content (AvgIpc) is 2.60. The summed E-state index contributed by atoms with van der Waals surface area (Å²) in [5, 5.41) is -0.567. The molecule has 3 rings (SSSR count). The number of halogens is 5. The summed E-state index contributed by atoms with van der Waals surface area (Å²) in [4.78, 5) is 3.50. The molecule has 1 atom stereocenters. The van der Waals surface area contributed by atoms with Crippen LogP contribution in [0, 0.1) is 0 Å². The standard InChI is InChI=1S/C16H13F5N2O2S/c17-15(18)10-5-6-14(22-7-10)26(24,25)23-8-11-3-1-2-4-12(11)13(9-23)16(19,20)21/h1-7,13,15H,8-9H2. The third kappa shape index (κ3) is 3.43. The molecular formula is C16H13F5N2O2S. The van der Waals surface area contributed by atoms with Crippen molar-refractivity contribution in [2.24, 2.45) is 0 Å². The Kier molecular flexibility index (Phi) is 4.74. The molecule has 0 saturated heterocycles. The summed E-state index contributed by atoms with van der Waals surface area (Å²) in [6.45, 7) is -1.04. The van der Waals surface area contributed by atoms with E-state index in [0.717, 1.165) is 12.1 Å². The Morgan fingerprint density at radius 2 is 1.81 bits per heavy atom. The highest BCUT2D eigenvalue weighted by molar-refractivity contribution is 7.89. The van der Waals surface area contributed by atoms with E-state index in [1.807, 2.05) is 0 Å². The second kappa shape index (κ2) is 6.58. The second-order valence-corrected chi connectivity index (χ2v) is 7.71. The van der Waals surface area contributed by atoms with Gasteiger partial charge in [0.15, 0.2) is 5.03 Å². The first-order chi connectivity index (χ1) is 12.1. The van der Waals surface area contributed by atoms with Crippen molar-refractivity contribution in [2.45, 2.75) is 30.1 Å². The Morgan fingerprint density at radius 1 is 1.12 bits per heavy atom. The van der Waals surface area contributed by atoms with Crippen molar-refractivity contribution >= 4 is 10.0 Å². The van der Waals surface area contributed by atoms with Crippen LogP contribution in [0.4, 0.5) is 22.0 Å². The number of hydrogen-bond donors (Lipinski definition) is 0. The third-order valence-corrected chi connectivity index (χ3v) is 5.90. The number of hydrogen-bond acceptors (Lipinski definition) is 3. The topological polar surface area (TPSA) is 50.3 Å². The number of nitrogens with zero attached hydrogens (tertiary/aromatic N) is 2. The zero-order chi connectivity index (χ0) is 19.1. The summed E-state index contributed by atoms with van der Waals surface area (Å²) >= 11 is 0. The van der Waals surface area contributed by atoms with Crippen LogP contribution in [0.25, 0.3) is 0 Å². The van der Waals surface area contributed by atoms with E-state index in [-0.39, 0.29) is 17.7 Å². The molecule has 0 N–H and O–H groups in total. The molecule has 10 heteroatoms. The predicted octanol–water partition coefficient (Wildman–Crippen LogP) is 3.87. The summed E-state index contributed by atoms with van der Waals surface area (Å²) < 4.78 is 91.4. The van der Waals surface area contributed by atoms with E-state index < -0.39 is 45.7 Å². The van der Waals surface area contributed by atoms with E-state index in [9.17, 15) is 30.4 Å². The summed E-state index contributed by atoms with van der Waals surface area (Å²) in [7, 11) is -4.36.